The third-order valence-electron chi connectivity index (χ3n) is 1.38. The third-order valence-corrected chi connectivity index (χ3v) is 2.16. The van der Waals surface area contributed by atoms with E-state index >= 15 is 0 Å². The lowest BCUT2D eigenvalue weighted by Gasteiger charge is -1.99. The summed E-state index contributed by atoms with van der Waals surface area (Å²) in [7, 11) is -3.18. The van der Waals surface area contributed by atoms with Gasteiger partial charge in [0.15, 0.2) is 9.84 Å². The summed E-state index contributed by atoms with van der Waals surface area (Å²) in [4.78, 5) is 7.40. The number of nitrogens with zero attached hydrogens (tertiary/aromatic N) is 3. The molecule has 1 aromatic rings. The zero-order valence-electron chi connectivity index (χ0n) is 7.43. The van der Waals surface area contributed by atoms with Gasteiger partial charge in [-0.15, -0.1) is 0 Å². The summed E-state index contributed by atoms with van der Waals surface area (Å²) in [5.41, 5.74) is 5.52. The van der Waals surface area contributed by atoms with E-state index in [-0.39, 0.29) is 23.0 Å². The Bertz CT molecular complexity index is 489. The van der Waals surface area contributed by atoms with Crippen molar-refractivity contribution in [1.82, 2.24) is 9.97 Å². The van der Waals surface area contributed by atoms with Crippen LogP contribution in [0.2, 0.25) is 0 Å². The van der Waals surface area contributed by atoms with Crippen LogP contribution in [0.1, 0.15) is 11.4 Å². The van der Waals surface area contributed by atoms with E-state index in [9.17, 15) is 8.42 Å². The molecule has 0 amide bonds. The molecule has 14 heavy (non-hydrogen) atoms. The smallest absolute Gasteiger partial charge is 0.154 e. The fourth-order valence-corrected chi connectivity index (χ4v) is 1.43. The average Bonchev–Trinajstić information content (AvgIpc) is 2.01. The van der Waals surface area contributed by atoms with Crippen LogP contribution in [0.3, 0.4) is 0 Å². The Morgan fingerprint density at radius 1 is 1.64 bits per heavy atom. The minimum Gasteiger partial charge on any atom is -0.382 e. The van der Waals surface area contributed by atoms with E-state index in [4.69, 9.17) is 11.0 Å². The molecule has 1 rings (SSSR count). The first-order valence-corrected chi connectivity index (χ1v) is 5.67. The van der Waals surface area contributed by atoms with E-state index < -0.39 is 9.84 Å². The maximum atomic E-state index is 10.9. The Hall–Kier alpha value is -1.68. The minimum atomic E-state index is -3.18. The number of hydrogen-bond donors (Lipinski definition) is 1. The number of sulfone groups is 1. The molecular weight excluding hydrogens is 204 g/mol. The lowest BCUT2D eigenvalue weighted by Crippen LogP contribution is -2.07. The highest BCUT2D eigenvalue weighted by Gasteiger charge is 2.09. The highest BCUT2D eigenvalue weighted by atomic mass is 32.2. The second kappa shape index (κ2) is 3.59. The van der Waals surface area contributed by atoms with Gasteiger partial charge in [0.25, 0.3) is 0 Å². The number of anilines is 1. The molecule has 0 aromatic carbocycles. The van der Waals surface area contributed by atoms with Crippen molar-refractivity contribution >= 4 is 15.7 Å². The molecule has 74 valence electrons. The quantitative estimate of drug-likeness (QED) is 0.706. The lowest BCUT2D eigenvalue weighted by molar-refractivity contribution is 0.599. The van der Waals surface area contributed by atoms with Crippen molar-refractivity contribution < 1.29 is 8.42 Å². The van der Waals surface area contributed by atoms with Crippen molar-refractivity contribution in [3.05, 3.63) is 17.6 Å². The Morgan fingerprint density at radius 3 is 2.71 bits per heavy atom. The van der Waals surface area contributed by atoms with Crippen LogP contribution in [0.4, 0.5) is 5.82 Å². The van der Waals surface area contributed by atoms with Crippen LogP contribution >= 0.6 is 0 Å². The summed E-state index contributed by atoms with van der Waals surface area (Å²) >= 11 is 0. The van der Waals surface area contributed by atoms with Crippen molar-refractivity contribution in [3.8, 4) is 6.07 Å². The highest BCUT2D eigenvalue weighted by Crippen LogP contribution is 2.06. The molecule has 0 saturated heterocycles. The average molecular weight is 212 g/mol. The molecule has 2 N–H and O–H groups in total. The molecule has 6 nitrogen and oxygen atoms in total. The number of hydrogen-bond acceptors (Lipinski definition) is 6. The highest BCUT2D eigenvalue weighted by molar-refractivity contribution is 7.89. The molecule has 0 saturated carbocycles. The Labute approximate surface area is 81.3 Å². The number of nitriles is 1. The van der Waals surface area contributed by atoms with Crippen LogP contribution in [0.25, 0.3) is 0 Å². The molecule has 1 heterocycles. The fraction of sp³-hybridized carbons (Fsp3) is 0.286. The maximum Gasteiger partial charge on any atom is 0.154 e. The van der Waals surface area contributed by atoms with Crippen LogP contribution in [0.5, 0.6) is 0 Å². The van der Waals surface area contributed by atoms with Gasteiger partial charge in [-0.2, -0.15) is 5.26 Å². The van der Waals surface area contributed by atoms with Gasteiger partial charge in [0.1, 0.15) is 29.0 Å². The molecule has 0 unspecified atom stereocenters. The molecule has 0 bridgehead atoms. The van der Waals surface area contributed by atoms with E-state index in [1.165, 1.54) is 6.20 Å². The predicted octanol–water partition coefficient (Wildman–Crippen LogP) is -0.525. The monoisotopic (exact) mass is 212 g/mol. The standard InChI is InChI=1S/C7H8N4O2S/c1-14(12,13)4-6-10-3-5(2-8)7(9)11-6/h3H,4H2,1H3,(H2,9,10,11). The van der Waals surface area contributed by atoms with E-state index in [0.717, 1.165) is 6.26 Å². The normalized spacial score (nSPS) is 10.9. The minimum absolute atomic E-state index is 0.00106. The largest absolute Gasteiger partial charge is 0.382 e. The molecule has 0 atom stereocenters. The van der Waals surface area contributed by atoms with Crippen molar-refractivity contribution in [2.75, 3.05) is 12.0 Å². The first kappa shape index (κ1) is 10.4. The van der Waals surface area contributed by atoms with Gasteiger partial charge in [0.05, 0.1) is 6.20 Å². The molecule has 0 fully saturated rings. The molecule has 0 spiro atoms. The molecule has 0 radical (unpaired) electrons. The van der Waals surface area contributed by atoms with Crippen LogP contribution < -0.4 is 5.73 Å². The van der Waals surface area contributed by atoms with Gasteiger partial charge in [-0.3, -0.25) is 0 Å². The van der Waals surface area contributed by atoms with Gasteiger partial charge in [0, 0.05) is 6.26 Å². The van der Waals surface area contributed by atoms with Crippen molar-refractivity contribution in [2.24, 2.45) is 0 Å². The van der Waals surface area contributed by atoms with E-state index in [2.05, 4.69) is 9.97 Å². The number of nitrogen functional groups attached to an aromatic ring is 1. The van der Waals surface area contributed by atoms with Crippen LogP contribution in [0, 0.1) is 11.3 Å². The maximum absolute atomic E-state index is 10.9. The Balaban J connectivity index is 3.06. The molecule has 1 aromatic heterocycles. The van der Waals surface area contributed by atoms with Gasteiger partial charge in [-0.1, -0.05) is 0 Å². The molecule has 0 aliphatic carbocycles. The lowest BCUT2D eigenvalue weighted by atomic mass is 10.3. The zero-order chi connectivity index (χ0) is 10.8. The molecule has 0 aliphatic heterocycles. The summed E-state index contributed by atoms with van der Waals surface area (Å²) in [6, 6.07) is 1.79. The fourth-order valence-electron chi connectivity index (χ4n) is 0.824. The van der Waals surface area contributed by atoms with Gasteiger partial charge in [-0.25, -0.2) is 18.4 Å². The zero-order valence-corrected chi connectivity index (χ0v) is 8.24. The van der Waals surface area contributed by atoms with Crippen molar-refractivity contribution in [1.29, 1.82) is 5.26 Å². The first-order valence-electron chi connectivity index (χ1n) is 3.61. The van der Waals surface area contributed by atoms with Crippen LogP contribution in [-0.4, -0.2) is 24.6 Å². The summed E-state index contributed by atoms with van der Waals surface area (Å²) in [5.74, 6) is -0.173. The summed E-state index contributed by atoms with van der Waals surface area (Å²) in [6.07, 6.45) is 2.29. The Morgan fingerprint density at radius 2 is 2.29 bits per heavy atom. The van der Waals surface area contributed by atoms with Gasteiger partial charge < -0.3 is 5.73 Å². The summed E-state index contributed by atoms with van der Waals surface area (Å²) < 4.78 is 21.8. The predicted molar refractivity (Wildman–Crippen MR) is 49.7 cm³/mol. The third kappa shape index (κ3) is 2.67. The second-order valence-corrected chi connectivity index (χ2v) is 4.91. The number of aromatic nitrogens is 2. The molecule has 7 heteroatoms. The second-order valence-electron chi connectivity index (χ2n) is 2.77. The van der Waals surface area contributed by atoms with Crippen LogP contribution in [0.15, 0.2) is 6.20 Å². The van der Waals surface area contributed by atoms with Gasteiger partial charge in [-0.05, 0) is 0 Å². The molecular formula is C7H8N4O2S. The van der Waals surface area contributed by atoms with E-state index in [1.54, 1.807) is 6.07 Å². The number of rotatable bonds is 2. The van der Waals surface area contributed by atoms with Crippen molar-refractivity contribution in [3.63, 3.8) is 0 Å². The van der Waals surface area contributed by atoms with Gasteiger partial charge >= 0.3 is 0 Å². The number of nitrogens with two attached hydrogens (primary N) is 1. The van der Waals surface area contributed by atoms with Gasteiger partial charge in [0.2, 0.25) is 0 Å². The van der Waals surface area contributed by atoms with Crippen molar-refractivity contribution in [2.45, 2.75) is 5.75 Å². The van der Waals surface area contributed by atoms with E-state index in [0.29, 0.717) is 0 Å². The van der Waals surface area contributed by atoms with E-state index in [1.807, 2.05) is 0 Å². The van der Waals surface area contributed by atoms with Crippen LogP contribution in [-0.2, 0) is 15.6 Å². The topological polar surface area (TPSA) is 110 Å². The SMILES string of the molecule is CS(=O)(=O)Cc1ncc(C#N)c(N)n1. The molecule has 0 aliphatic rings. The summed E-state index contributed by atoms with van der Waals surface area (Å²) in [5, 5.41) is 8.51. The first-order chi connectivity index (χ1) is 6.42. The Kier molecular flexibility index (Phi) is 2.67. The summed E-state index contributed by atoms with van der Waals surface area (Å²) in [6.45, 7) is 0.